The molecule has 0 aliphatic carbocycles. The molecule has 1 fully saturated rings. The second kappa shape index (κ2) is 8.14. The molecule has 2 N–H and O–H groups in total. The van der Waals surface area contributed by atoms with Gasteiger partial charge in [-0.2, -0.15) is 0 Å². The fraction of sp³-hybridized carbons (Fsp3) is 0.350. The number of rotatable bonds is 5. The van der Waals surface area contributed by atoms with Crippen molar-refractivity contribution in [3.63, 3.8) is 0 Å². The monoisotopic (exact) mass is 340 g/mol. The van der Waals surface area contributed by atoms with Gasteiger partial charge in [0.05, 0.1) is 13.2 Å². The lowest BCUT2D eigenvalue weighted by atomic mass is 10.1. The first-order chi connectivity index (χ1) is 12.1. The van der Waals surface area contributed by atoms with Crippen LogP contribution in [0.1, 0.15) is 28.8 Å². The number of amides is 1. The lowest BCUT2D eigenvalue weighted by molar-refractivity contribution is 0.0668. The zero-order valence-corrected chi connectivity index (χ0v) is 14.4. The average molecular weight is 340 g/mol. The van der Waals surface area contributed by atoms with Crippen molar-refractivity contribution in [2.75, 3.05) is 25.5 Å². The van der Waals surface area contributed by atoms with Crippen LogP contribution in [0.3, 0.4) is 0 Å². The molecule has 0 bridgehead atoms. The first kappa shape index (κ1) is 17.5. The molecule has 3 rings (SSSR count). The summed E-state index contributed by atoms with van der Waals surface area (Å²) in [5.74, 6) is 0.559. The molecule has 1 saturated heterocycles. The first-order valence-corrected chi connectivity index (χ1v) is 8.59. The molecule has 1 amide bonds. The Morgan fingerprint density at radius 2 is 2.12 bits per heavy atom. The molecule has 25 heavy (non-hydrogen) atoms. The summed E-state index contributed by atoms with van der Waals surface area (Å²) in [6.07, 6.45) is 1.64. The standard InChI is InChI=1S/C20H24N2O3/c1-25-19-9-3-7-17(12-19)21-20(24)16-6-2-5-15(11-16)13-22-10-4-8-18(23)14-22/h2-3,5-7,9,11-12,18,23H,4,8,10,13-14H2,1H3,(H,21,24)/t18-/m1/s1. The van der Waals surface area contributed by atoms with Crippen molar-refractivity contribution in [3.8, 4) is 5.75 Å². The summed E-state index contributed by atoms with van der Waals surface area (Å²) in [4.78, 5) is 14.7. The van der Waals surface area contributed by atoms with E-state index in [1.807, 2.05) is 42.5 Å². The molecule has 2 aromatic carbocycles. The molecule has 0 spiro atoms. The maximum atomic E-state index is 12.5. The Balaban J connectivity index is 1.66. The fourth-order valence-electron chi connectivity index (χ4n) is 3.15. The molecule has 0 radical (unpaired) electrons. The van der Waals surface area contributed by atoms with Crippen LogP contribution in [0, 0.1) is 0 Å². The smallest absolute Gasteiger partial charge is 0.255 e. The molecular weight excluding hydrogens is 316 g/mol. The van der Waals surface area contributed by atoms with Crippen LogP contribution >= 0.6 is 0 Å². The average Bonchev–Trinajstić information content (AvgIpc) is 2.62. The topological polar surface area (TPSA) is 61.8 Å². The molecule has 1 atom stereocenters. The lowest BCUT2D eigenvalue weighted by Gasteiger charge is -2.30. The molecular formula is C20H24N2O3. The number of hydrogen-bond acceptors (Lipinski definition) is 4. The summed E-state index contributed by atoms with van der Waals surface area (Å²) in [5.41, 5.74) is 2.40. The molecule has 5 heteroatoms. The molecule has 0 unspecified atom stereocenters. The molecule has 5 nitrogen and oxygen atoms in total. The van der Waals surface area contributed by atoms with Gasteiger partial charge in [0.15, 0.2) is 0 Å². The van der Waals surface area contributed by atoms with Crippen molar-refractivity contribution >= 4 is 11.6 Å². The van der Waals surface area contributed by atoms with E-state index < -0.39 is 0 Å². The van der Waals surface area contributed by atoms with Crippen LogP contribution in [-0.2, 0) is 6.54 Å². The predicted molar refractivity (Wildman–Crippen MR) is 97.9 cm³/mol. The first-order valence-electron chi connectivity index (χ1n) is 8.59. The van der Waals surface area contributed by atoms with Gasteiger partial charge in [0.2, 0.25) is 0 Å². The van der Waals surface area contributed by atoms with Crippen molar-refractivity contribution in [2.24, 2.45) is 0 Å². The quantitative estimate of drug-likeness (QED) is 0.879. The maximum Gasteiger partial charge on any atom is 0.255 e. The van der Waals surface area contributed by atoms with Crippen molar-refractivity contribution in [3.05, 3.63) is 59.7 Å². The highest BCUT2D eigenvalue weighted by Gasteiger charge is 2.18. The molecule has 132 valence electrons. The number of nitrogens with zero attached hydrogens (tertiary/aromatic N) is 1. The zero-order valence-electron chi connectivity index (χ0n) is 14.4. The number of likely N-dealkylation sites (tertiary alicyclic amines) is 1. The number of ether oxygens (including phenoxy) is 1. The van der Waals surface area contributed by atoms with E-state index in [-0.39, 0.29) is 12.0 Å². The summed E-state index contributed by atoms with van der Waals surface area (Å²) in [6, 6.07) is 14.9. The molecule has 0 saturated carbocycles. The number of carbonyl (C=O) groups is 1. The number of carbonyl (C=O) groups excluding carboxylic acids is 1. The van der Waals surface area contributed by atoms with Gasteiger partial charge in [-0.3, -0.25) is 9.69 Å². The Bertz CT molecular complexity index is 732. The van der Waals surface area contributed by atoms with E-state index >= 15 is 0 Å². The summed E-state index contributed by atoms with van der Waals surface area (Å²) in [6.45, 7) is 2.43. The van der Waals surface area contributed by atoms with E-state index in [0.717, 1.165) is 31.5 Å². The van der Waals surface area contributed by atoms with Gasteiger partial charge in [-0.05, 0) is 49.2 Å². The van der Waals surface area contributed by atoms with Gasteiger partial charge in [-0.1, -0.05) is 18.2 Å². The van der Waals surface area contributed by atoms with Crippen LogP contribution in [0.4, 0.5) is 5.69 Å². The SMILES string of the molecule is COc1cccc(NC(=O)c2cccc(CN3CCC[C@@H](O)C3)c2)c1. The number of aliphatic hydroxyl groups excluding tert-OH is 1. The molecule has 1 aliphatic rings. The van der Waals surface area contributed by atoms with Crippen molar-refractivity contribution in [2.45, 2.75) is 25.5 Å². The van der Waals surface area contributed by atoms with Gasteiger partial charge in [-0.15, -0.1) is 0 Å². The third-order valence-electron chi connectivity index (χ3n) is 4.40. The summed E-state index contributed by atoms with van der Waals surface area (Å²) in [5, 5.41) is 12.7. The Labute approximate surface area is 148 Å². The number of benzene rings is 2. The highest BCUT2D eigenvalue weighted by molar-refractivity contribution is 6.04. The largest absolute Gasteiger partial charge is 0.497 e. The summed E-state index contributed by atoms with van der Waals surface area (Å²) >= 11 is 0. The minimum Gasteiger partial charge on any atom is -0.497 e. The second-order valence-corrected chi connectivity index (χ2v) is 6.42. The van der Waals surface area contributed by atoms with E-state index in [2.05, 4.69) is 10.2 Å². The lowest BCUT2D eigenvalue weighted by Crippen LogP contribution is -2.37. The number of hydrogen-bond donors (Lipinski definition) is 2. The summed E-state index contributed by atoms with van der Waals surface area (Å²) < 4.78 is 5.18. The van der Waals surface area contributed by atoms with Gasteiger partial charge in [0.1, 0.15) is 5.75 Å². The highest BCUT2D eigenvalue weighted by atomic mass is 16.5. The normalized spacial score (nSPS) is 17.9. The second-order valence-electron chi connectivity index (χ2n) is 6.42. The maximum absolute atomic E-state index is 12.5. The van der Waals surface area contributed by atoms with Crippen molar-refractivity contribution in [1.82, 2.24) is 4.90 Å². The molecule has 1 heterocycles. The van der Waals surface area contributed by atoms with E-state index in [1.165, 1.54) is 0 Å². The Morgan fingerprint density at radius 3 is 2.92 bits per heavy atom. The Kier molecular flexibility index (Phi) is 5.68. The van der Waals surface area contributed by atoms with Gasteiger partial charge >= 0.3 is 0 Å². The number of anilines is 1. The highest BCUT2D eigenvalue weighted by Crippen LogP contribution is 2.19. The number of methoxy groups -OCH3 is 1. The van der Waals surface area contributed by atoms with Gasteiger partial charge in [0.25, 0.3) is 5.91 Å². The fourth-order valence-corrected chi connectivity index (χ4v) is 3.15. The van der Waals surface area contributed by atoms with Crippen LogP contribution in [0.15, 0.2) is 48.5 Å². The van der Waals surface area contributed by atoms with Crippen LogP contribution in [0.5, 0.6) is 5.75 Å². The molecule has 0 aromatic heterocycles. The number of piperidine rings is 1. The third-order valence-corrected chi connectivity index (χ3v) is 4.40. The summed E-state index contributed by atoms with van der Waals surface area (Å²) in [7, 11) is 1.60. The van der Waals surface area contributed by atoms with Crippen LogP contribution in [0.2, 0.25) is 0 Å². The molecule has 1 aliphatic heterocycles. The van der Waals surface area contributed by atoms with Gasteiger partial charge in [-0.25, -0.2) is 0 Å². The zero-order chi connectivity index (χ0) is 17.6. The number of β-amino-alcohol motifs (C(OH)–C–C–N with tert-alkyl or cyclic N) is 1. The number of nitrogens with one attached hydrogen (secondary N) is 1. The Morgan fingerprint density at radius 1 is 1.28 bits per heavy atom. The van der Waals surface area contributed by atoms with Crippen LogP contribution in [-0.4, -0.2) is 42.2 Å². The molecule has 2 aromatic rings. The van der Waals surface area contributed by atoms with Crippen LogP contribution in [0.25, 0.3) is 0 Å². The van der Waals surface area contributed by atoms with Gasteiger partial charge < -0.3 is 15.2 Å². The number of aliphatic hydroxyl groups is 1. The van der Waals surface area contributed by atoms with E-state index in [1.54, 1.807) is 13.2 Å². The van der Waals surface area contributed by atoms with Crippen molar-refractivity contribution < 1.29 is 14.6 Å². The van der Waals surface area contributed by atoms with E-state index in [9.17, 15) is 9.90 Å². The Hall–Kier alpha value is -2.37. The minimum atomic E-state index is -0.242. The predicted octanol–water partition coefficient (Wildman–Crippen LogP) is 2.90. The van der Waals surface area contributed by atoms with E-state index in [0.29, 0.717) is 23.5 Å². The van der Waals surface area contributed by atoms with Crippen LogP contribution < -0.4 is 10.1 Å². The van der Waals surface area contributed by atoms with Crippen molar-refractivity contribution in [1.29, 1.82) is 0 Å². The third kappa shape index (κ3) is 4.81. The van der Waals surface area contributed by atoms with Gasteiger partial charge in [0, 0.05) is 30.4 Å². The van der Waals surface area contributed by atoms with E-state index in [4.69, 9.17) is 4.74 Å². The minimum absolute atomic E-state index is 0.145.